The lowest BCUT2D eigenvalue weighted by Gasteiger charge is -2.21. The first-order valence-corrected chi connectivity index (χ1v) is 8.42. The molecule has 0 aliphatic carbocycles. The van der Waals surface area contributed by atoms with Crippen LogP contribution in [0.3, 0.4) is 0 Å². The van der Waals surface area contributed by atoms with Crippen LogP contribution in [0.1, 0.15) is 24.9 Å². The highest BCUT2D eigenvalue weighted by Gasteiger charge is 2.19. The van der Waals surface area contributed by atoms with E-state index in [2.05, 4.69) is 22.1 Å². The molecule has 19 heavy (non-hydrogen) atoms. The minimum atomic E-state index is -2.87. The SMILES string of the molecule is CNC(C)c1ccc(N2CCCS(=O)(=O)CC2)nc1. The second-order valence-electron chi connectivity index (χ2n) is 4.95. The molecule has 0 aromatic carbocycles. The first-order valence-electron chi connectivity index (χ1n) is 6.60. The number of nitrogens with one attached hydrogen (secondary N) is 1. The van der Waals surface area contributed by atoms with E-state index in [0.717, 1.165) is 17.9 Å². The molecule has 1 aromatic heterocycles. The summed E-state index contributed by atoms with van der Waals surface area (Å²) in [6.45, 7) is 3.37. The molecule has 0 spiro atoms. The molecule has 0 saturated carbocycles. The molecule has 1 fully saturated rings. The van der Waals surface area contributed by atoms with Crippen LogP contribution in [0.25, 0.3) is 0 Å². The fourth-order valence-electron chi connectivity index (χ4n) is 2.17. The summed E-state index contributed by atoms with van der Waals surface area (Å²) in [4.78, 5) is 6.51. The quantitative estimate of drug-likeness (QED) is 0.896. The van der Waals surface area contributed by atoms with Gasteiger partial charge in [0, 0.05) is 25.3 Å². The van der Waals surface area contributed by atoms with Crippen molar-refractivity contribution in [3.8, 4) is 0 Å². The van der Waals surface area contributed by atoms with Gasteiger partial charge >= 0.3 is 0 Å². The van der Waals surface area contributed by atoms with Crippen molar-refractivity contribution < 1.29 is 8.42 Å². The van der Waals surface area contributed by atoms with Crippen LogP contribution >= 0.6 is 0 Å². The second-order valence-corrected chi connectivity index (χ2v) is 7.26. The average molecular weight is 283 g/mol. The van der Waals surface area contributed by atoms with E-state index < -0.39 is 9.84 Å². The van der Waals surface area contributed by atoms with Gasteiger partial charge in [-0.3, -0.25) is 0 Å². The minimum absolute atomic E-state index is 0.226. The van der Waals surface area contributed by atoms with Crippen LogP contribution in [-0.2, 0) is 9.84 Å². The zero-order valence-corrected chi connectivity index (χ0v) is 12.3. The standard InChI is InChI=1S/C13H21N3O2S/c1-11(14-2)12-4-5-13(15-10-12)16-6-3-8-19(17,18)9-7-16/h4-5,10-11,14H,3,6-9H2,1-2H3. The van der Waals surface area contributed by atoms with Gasteiger partial charge in [0.25, 0.3) is 0 Å². The van der Waals surface area contributed by atoms with E-state index >= 15 is 0 Å². The van der Waals surface area contributed by atoms with Crippen LogP contribution in [0, 0.1) is 0 Å². The molecule has 0 amide bonds. The topological polar surface area (TPSA) is 62.3 Å². The summed E-state index contributed by atoms with van der Waals surface area (Å²) in [5.41, 5.74) is 1.13. The van der Waals surface area contributed by atoms with E-state index in [9.17, 15) is 8.42 Å². The fraction of sp³-hybridized carbons (Fsp3) is 0.615. The van der Waals surface area contributed by atoms with Crippen LogP contribution < -0.4 is 10.2 Å². The molecule has 1 atom stereocenters. The lowest BCUT2D eigenvalue weighted by Crippen LogP contribution is -2.27. The van der Waals surface area contributed by atoms with Crippen LogP contribution in [0.15, 0.2) is 18.3 Å². The van der Waals surface area contributed by atoms with E-state index in [1.807, 2.05) is 25.4 Å². The van der Waals surface area contributed by atoms with Crippen molar-refractivity contribution in [3.05, 3.63) is 23.9 Å². The van der Waals surface area contributed by atoms with Crippen LogP contribution in [0.2, 0.25) is 0 Å². The molecule has 0 bridgehead atoms. The molecule has 0 radical (unpaired) electrons. The van der Waals surface area contributed by atoms with Gasteiger partial charge in [-0.2, -0.15) is 0 Å². The van der Waals surface area contributed by atoms with E-state index in [1.54, 1.807) is 0 Å². The largest absolute Gasteiger partial charge is 0.356 e. The summed E-state index contributed by atoms with van der Waals surface area (Å²) >= 11 is 0. The lowest BCUT2D eigenvalue weighted by atomic mass is 10.1. The highest BCUT2D eigenvalue weighted by molar-refractivity contribution is 7.91. The third-order valence-corrected chi connectivity index (χ3v) is 5.30. The molecule has 1 aliphatic rings. The van der Waals surface area contributed by atoms with E-state index in [0.29, 0.717) is 18.7 Å². The number of aromatic nitrogens is 1. The molecule has 5 nitrogen and oxygen atoms in total. The summed E-state index contributed by atoms with van der Waals surface area (Å²) in [6.07, 6.45) is 2.54. The third kappa shape index (κ3) is 3.67. The summed E-state index contributed by atoms with van der Waals surface area (Å²) in [6, 6.07) is 4.29. The summed E-state index contributed by atoms with van der Waals surface area (Å²) in [5.74, 6) is 1.38. The van der Waals surface area contributed by atoms with Crippen LogP contribution in [-0.4, -0.2) is 45.0 Å². The molecule has 1 N–H and O–H groups in total. The van der Waals surface area contributed by atoms with Gasteiger partial charge in [-0.25, -0.2) is 13.4 Å². The number of sulfone groups is 1. The minimum Gasteiger partial charge on any atom is -0.356 e. The molecular formula is C13H21N3O2S. The number of pyridine rings is 1. The van der Waals surface area contributed by atoms with Crippen molar-refractivity contribution in [2.24, 2.45) is 0 Å². The smallest absolute Gasteiger partial charge is 0.152 e. The predicted octanol–water partition coefficient (Wildman–Crippen LogP) is 0.987. The Hall–Kier alpha value is -1.14. The van der Waals surface area contributed by atoms with E-state index in [4.69, 9.17) is 0 Å². The highest BCUT2D eigenvalue weighted by atomic mass is 32.2. The Morgan fingerprint density at radius 3 is 2.74 bits per heavy atom. The highest BCUT2D eigenvalue weighted by Crippen LogP contribution is 2.17. The van der Waals surface area contributed by atoms with E-state index in [1.165, 1.54) is 0 Å². The van der Waals surface area contributed by atoms with Gasteiger partial charge in [-0.15, -0.1) is 0 Å². The van der Waals surface area contributed by atoms with Gasteiger partial charge in [0.15, 0.2) is 9.84 Å². The zero-order chi connectivity index (χ0) is 13.9. The van der Waals surface area contributed by atoms with Gasteiger partial charge in [-0.05, 0) is 32.0 Å². The summed E-state index contributed by atoms with van der Waals surface area (Å²) in [7, 11) is -0.950. The van der Waals surface area contributed by atoms with Gasteiger partial charge in [0.1, 0.15) is 5.82 Å². The molecule has 2 rings (SSSR count). The van der Waals surface area contributed by atoms with Gasteiger partial charge in [0.05, 0.1) is 11.5 Å². The Balaban J connectivity index is 2.10. The zero-order valence-electron chi connectivity index (χ0n) is 11.5. The number of anilines is 1. The van der Waals surface area contributed by atoms with Crippen molar-refractivity contribution in [1.29, 1.82) is 0 Å². The average Bonchev–Trinajstić information content (AvgIpc) is 2.59. The lowest BCUT2D eigenvalue weighted by molar-refractivity contribution is 0.597. The molecular weight excluding hydrogens is 262 g/mol. The summed E-state index contributed by atoms with van der Waals surface area (Å²) < 4.78 is 23.1. The molecule has 1 unspecified atom stereocenters. The molecule has 1 saturated heterocycles. The van der Waals surface area contributed by atoms with Crippen molar-refractivity contribution in [3.63, 3.8) is 0 Å². The predicted molar refractivity (Wildman–Crippen MR) is 77.2 cm³/mol. The molecule has 6 heteroatoms. The van der Waals surface area contributed by atoms with Crippen LogP contribution in [0.4, 0.5) is 5.82 Å². The maximum atomic E-state index is 11.6. The molecule has 2 heterocycles. The van der Waals surface area contributed by atoms with Crippen LogP contribution in [0.5, 0.6) is 0 Å². The van der Waals surface area contributed by atoms with Gasteiger partial charge in [-0.1, -0.05) is 6.07 Å². The van der Waals surface area contributed by atoms with Crippen molar-refractivity contribution in [1.82, 2.24) is 10.3 Å². The van der Waals surface area contributed by atoms with Gasteiger partial charge < -0.3 is 10.2 Å². The molecule has 106 valence electrons. The maximum Gasteiger partial charge on any atom is 0.152 e. The second kappa shape index (κ2) is 5.88. The monoisotopic (exact) mass is 283 g/mol. The van der Waals surface area contributed by atoms with Gasteiger partial charge in [0.2, 0.25) is 0 Å². The normalized spacial score (nSPS) is 20.8. The maximum absolute atomic E-state index is 11.6. The Labute approximate surface area is 114 Å². The van der Waals surface area contributed by atoms with Crippen molar-refractivity contribution >= 4 is 15.7 Å². The molecule has 1 aromatic rings. The first kappa shape index (κ1) is 14.3. The Morgan fingerprint density at radius 2 is 2.11 bits per heavy atom. The van der Waals surface area contributed by atoms with Crippen molar-refractivity contribution in [2.75, 3.05) is 36.5 Å². The summed E-state index contributed by atoms with van der Waals surface area (Å²) in [5, 5.41) is 3.17. The third-order valence-electron chi connectivity index (χ3n) is 3.58. The Morgan fingerprint density at radius 1 is 1.32 bits per heavy atom. The number of hydrogen-bond acceptors (Lipinski definition) is 5. The fourth-order valence-corrected chi connectivity index (χ4v) is 3.45. The number of hydrogen-bond donors (Lipinski definition) is 1. The number of rotatable bonds is 3. The first-order chi connectivity index (χ1) is 9.02. The Kier molecular flexibility index (Phi) is 4.42. The number of nitrogens with zero attached hydrogens (tertiary/aromatic N) is 2. The Bertz CT molecular complexity index is 513. The molecule has 1 aliphatic heterocycles. The van der Waals surface area contributed by atoms with Crippen molar-refractivity contribution in [2.45, 2.75) is 19.4 Å². The van der Waals surface area contributed by atoms with E-state index in [-0.39, 0.29) is 11.8 Å².